The van der Waals surface area contributed by atoms with Gasteiger partial charge in [-0.2, -0.15) is 0 Å². The molecule has 4 heteroatoms. The summed E-state index contributed by atoms with van der Waals surface area (Å²) >= 11 is 0. The van der Waals surface area contributed by atoms with E-state index in [0.717, 1.165) is 0 Å². The summed E-state index contributed by atoms with van der Waals surface area (Å²) in [6, 6.07) is 0. The second kappa shape index (κ2) is 4.96. The van der Waals surface area contributed by atoms with E-state index in [1.165, 1.54) is 0 Å². The van der Waals surface area contributed by atoms with Crippen LogP contribution in [0.3, 0.4) is 0 Å². The van der Waals surface area contributed by atoms with Gasteiger partial charge in [0.15, 0.2) is 0 Å². The van der Waals surface area contributed by atoms with Crippen molar-refractivity contribution in [3.63, 3.8) is 0 Å². The van der Waals surface area contributed by atoms with E-state index in [9.17, 15) is 4.79 Å². The van der Waals surface area contributed by atoms with E-state index in [1.54, 1.807) is 25.4 Å². The van der Waals surface area contributed by atoms with E-state index in [1.807, 2.05) is 23.6 Å². The van der Waals surface area contributed by atoms with Crippen molar-refractivity contribution in [1.29, 1.82) is 0 Å². The summed E-state index contributed by atoms with van der Waals surface area (Å²) in [5.74, 6) is 0.320. The number of nitrogens with zero attached hydrogens (tertiary/aromatic N) is 2. The number of hydrogen-bond acceptors (Lipinski definition) is 3. The molecule has 1 heterocycles. The molecule has 15 heavy (non-hydrogen) atoms. The Kier molecular flexibility index (Phi) is 3.37. The maximum absolute atomic E-state index is 11.4. The van der Waals surface area contributed by atoms with Gasteiger partial charge in [0.05, 0.1) is 18.8 Å². The summed E-state index contributed by atoms with van der Waals surface area (Å²) in [5.41, 5.74) is 0. The van der Waals surface area contributed by atoms with Gasteiger partial charge in [0, 0.05) is 12.4 Å². The quantitative estimate of drug-likeness (QED) is 0.681. The Bertz CT molecular complexity index is 302. The average molecular weight is 203 g/mol. The molecule has 0 atom stereocenters. The van der Waals surface area contributed by atoms with Gasteiger partial charge in [0.25, 0.3) is 0 Å². The maximum Gasteiger partial charge on any atom is 0.313 e. The first kappa shape index (κ1) is 10.2. The van der Waals surface area contributed by atoms with Crippen LogP contribution >= 0.6 is 0 Å². The minimum absolute atomic E-state index is 0.278. The molecule has 1 aliphatic carbocycles. The lowest BCUT2D eigenvalue weighted by molar-refractivity contribution is -0.140. The molecule has 0 unspecified atom stereocenters. The van der Waals surface area contributed by atoms with E-state index in [4.69, 9.17) is 4.74 Å². The van der Waals surface area contributed by atoms with Crippen molar-refractivity contribution >= 4 is 5.97 Å². The van der Waals surface area contributed by atoms with Crippen LogP contribution in [0.25, 0.3) is 0 Å². The molecule has 0 aromatic carbocycles. The molecule has 5 radical (unpaired) electrons. The monoisotopic (exact) mass is 203 g/mol. The molecule has 0 bridgehead atoms. The Morgan fingerprint density at radius 2 is 2.20 bits per heavy atom. The van der Waals surface area contributed by atoms with Crippen LogP contribution in [0.5, 0.6) is 0 Å². The smallest absolute Gasteiger partial charge is 0.313 e. The second-order valence-electron chi connectivity index (χ2n) is 3.11. The number of carbonyl (C=O) groups excluding carboxylic acids is 1. The van der Waals surface area contributed by atoms with E-state index in [0.29, 0.717) is 19.1 Å². The van der Waals surface area contributed by atoms with Crippen molar-refractivity contribution in [2.24, 2.45) is 0 Å². The highest BCUT2D eigenvalue weighted by Gasteiger charge is 2.25. The Labute approximate surface area is 89.3 Å². The first-order valence-electron chi connectivity index (χ1n) is 4.71. The van der Waals surface area contributed by atoms with Crippen molar-refractivity contribution in [2.45, 2.75) is 6.54 Å². The fraction of sp³-hybridized carbons (Fsp3) is 0.182. The molecule has 0 spiro atoms. The SMILES string of the molecule is O=C(OCCn1ccnc1)[C]1[CH][CH][CH][CH]1. The average Bonchev–Trinajstić information content (AvgIpc) is 2.90. The molecular weight excluding hydrogens is 192 g/mol. The van der Waals surface area contributed by atoms with Gasteiger partial charge >= 0.3 is 5.97 Å². The van der Waals surface area contributed by atoms with Gasteiger partial charge in [-0.05, 0) is 25.7 Å². The zero-order chi connectivity index (χ0) is 10.5. The number of aromatic nitrogens is 2. The Morgan fingerprint density at radius 1 is 1.40 bits per heavy atom. The van der Waals surface area contributed by atoms with E-state index in [2.05, 4.69) is 4.98 Å². The van der Waals surface area contributed by atoms with Crippen molar-refractivity contribution in [3.8, 4) is 0 Å². The van der Waals surface area contributed by atoms with E-state index in [-0.39, 0.29) is 5.97 Å². The van der Waals surface area contributed by atoms with Gasteiger partial charge in [-0.25, -0.2) is 4.98 Å². The maximum atomic E-state index is 11.4. The molecule has 1 aromatic heterocycles. The fourth-order valence-electron chi connectivity index (χ4n) is 1.26. The summed E-state index contributed by atoms with van der Waals surface area (Å²) < 4.78 is 6.93. The Hall–Kier alpha value is -1.32. The van der Waals surface area contributed by atoms with Crippen LogP contribution < -0.4 is 0 Å². The van der Waals surface area contributed by atoms with Crippen LogP contribution in [0.4, 0.5) is 0 Å². The molecule has 1 fully saturated rings. The van der Waals surface area contributed by atoms with Gasteiger partial charge < -0.3 is 9.30 Å². The molecule has 1 aromatic rings. The summed E-state index contributed by atoms with van der Waals surface area (Å²) in [5, 5.41) is 0. The molecule has 0 N–H and O–H groups in total. The van der Waals surface area contributed by atoms with Gasteiger partial charge in [-0.3, -0.25) is 4.79 Å². The van der Waals surface area contributed by atoms with Crippen molar-refractivity contribution in [3.05, 3.63) is 50.3 Å². The van der Waals surface area contributed by atoms with Crippen molar-refractivity contribution in [1.82, 2.24) is 9.55 Å². The third kappa shape index (κ3) is 2.81. The van der Waals surface area contributed by atoms with E-state index < -0.39 is 0 Å². The van der Waals surface area contributed by atoms with Crippen LogP contribution in [-0.4, -0.2) is 22.1 Å². The van der Waals surface area contributed by atoms with Crippen molar-refractivity contribution in [2.75, 3.05) is 6.61 Å². The predicted molar refractivity (Wildman–Crippen MR) is 53.6 cm³/mol. The predicted octanol–water partition coefficient (Wildman–Crippen LogP) is 0.832. The summed E-state index contributed by atoms with van der Waals surface area (Å²) in [6.45, 7) is 0.993. The first-order valence-corrected chi connectivity index (χ1v) is 4.71. The summed E-state index contributed by atoms with van der Waals surface area (Å²) in [6.07, 6.45) is 12.3. The normalized spacial score (nSPS) is 16.8. The van der Waals surface area contributed by atoms with Crippen LogP contribution in [0, 0.1) is 31.6 Å². The number of ether oxygens (including phenoxy) is 1. The Morgan fingerprint density at radius 3 is 2.87 bits per heavy atom. The zero-order valence-corrected chi connectivity index (χ0v) is 8.17. The van der Waals surface area contributed by atoms with Gasteiger partial charge in [-0.15, -0.1) is 0 Å². The lowest BCUT2D eigenvalue weighted by Gasteiger charge is -2.08. The highest BCUT2D eigenvalue weighted by Crippen LogP contribution is 2.23. The molecule has 1 saturated carbocycles. The minimum atomic E-state index is -0.278. The molecule has 0 saturated heterocycles. The summed E-state index contributed by atoms with van der Waals surface area (Å²) in [4.78, 5) is 15.3. The number of esters is 1. The number of hydrogen-bond donors (Lipinski definition) is 0. The lowest BCUT2D eigenvalue weighted by atomic mass is 10.1. The molecular formula is C11H11N2O2. The highest BCUT2D eigenvalue weighted by atomic mass is 16.5. The first-order chi connectivity index (χ1) is 7.36. The molecule has 2 rings (SSSR count). The standard InChI is InChI=1S/C11H11N2O2/c14-11(10-3-1-2-4-10)15-8-7-13-6-5-12-9-13/h1-6,9H,7-8H2. The topological polar surface area (TPSA) is 44.1 Å². The van der Waals surface area contributed by atoms with Gasteiger partial charge in [0.2, 0.25) is 0 Å². The van der Waals surface area contributed by atoms with Crippen LogP contribution in [0.15, 0.2) is 18.7 Å². The summed E-state index contributed by atoms with van der Waals surface area (Å²) in [7, 11) is 0. The molecule has 0 aliphatic heterocycles. The molecule has 77 valence electrons. The van der Waals surface area contributed by atoms with E-state index >= 15 is 0 Å². The van der Waals surface area contributed by atoms with Gasteiger partial charge in [-0.1, -0.05) is 0 Å². The lowest BCUT2D eigenvalue weighted by Crippen LogP contribution is -2.16. The number of carbonyl (C=O) groups is 1. The fourth-order valence-corrected chi connectivity index (χ4v) is 1.26. The van der Waals surface area contributed by atoms with Gasteiger partial charge in [0.1, 0.15) is 6.61 Å². The largest absolute Gasteiger partial charge is 0.463 e. The molecule has 0 amide bonds. The third-order valence-corrected chi connectivity index (χ3v) is 2.04. The van der Waals surface area contributed by atoms with Crippen molar-refractivity contribution < 1.29 is 9.53 Å². The highest BCUT2D eigenvalue weighted by molar-refractivity contribution is 5.91. The zero-order valence-electron chi connectivity index (χ0n) is 8.17. The third-order valence-electron chi connectivity index (χ3n) is 2.04. The Balaban J connectivity index is 1.67. The number of rotatable bonds is 4. The van der Waals surface area contributed by atoms with Crippen LogP contribution in [0.1, 0.15) is 0 Å². The molecule has 1 aliphatic rings. The molecule has 4 nitrogen and oxygen atoms in total. The number of imidazole rings is 1. The minimum Gasteiger partial charge on any atom is -0.463 e. The van der Waals surface area contributed by atoms with Crippen LogP contribution in [-0.2, 0) is 16.1 Å². The van der Waals surface area contributed by atoms with Crippen LogP contribution in [0.2, 0.25) is 0 Å². The second-order valence-corrected chi connectivity index (χ2v) is 3.11.